The lowest BCUT2D eigenvalue weighted by Gasteiger charge is -2.18. The summed E-state index contributed by atoms with van der Waals surface area (Å²) in [6.45, 7) is 4.12. The molecular weight excluding hydrogens is 140 g/mol. The van der Waals surface area contributed by atoms with E-state index in [1.54, 1.807) is 7.05 Å². The fourth-order valence-corrected chi connectivity index (χ4v) is 1.35. The van der Waals surface area contributed by atoms with Gasteiger partial charge in [-0.25, -0.2) is 0 Å². The van der Waals surface area contributed by atoms with Gasteiger partial charge in [-0.3, -0.25) is 4.79 Å². The van der Waals surface area contributed by atoms with Gasteiger partial charge in [-0.2, -0.15) is 0 Å². The monoisotopic (exact) mass is 160 g/mol. The Kier molecular flexibility index (Phi) is 2.18. The van der Waals surface area contributed by atoms with Crippen LogP contribution in [0, 0.1) is 0 Å². The van der Waals surface area contributed by atoms with E-state index in [2.05, 4.69) is 24.5 Å². The summed E-state index contributed by atoms with van der Waals surface area (Å²) in [5, 5.41) is 5.94. The third-order valence-electron chi connectivity index (χ3n) is 1.98. The van der Waals surface area contributed by atoms with Gasteiger partial charge in [-0.1, -0.05) is 0 Å². The molecule has 0 aromatic heterocycles. The van der Waals surface area contributed by atoms with Gasteiger partial charge in [0.2, 0.25) is 5.91 Å². The van der Waals surface area contributed by atoms with Gasteiger partial charge in [0.25, 0.3) is 0 Å². The van der Waals surface area contributed by atoms with Crippen molar-refractivity contribution in [2.45, 2.75) is 38.3 Å². The highest BCUT2D eigenvalue weighted by Crippen LogP contribution is 2.35. The highest BCUT2D eigenvalue weighted by atomic mass is 16.2. The maximum absolute atomic E-state index is 11.3. The van der Waals surface area contributed by atoms with Gasteiger partial charge in [-0.05, 0) is 26.7 Å². The van der Waals surface area contributed by atoms with Crippen LogP contribution in [-0.2, 0) is 4.79 Å². The van der Waals surface area contributed by atoms with Gasteiger partial charge in [0.05, 0.1) is 5.54 Å². The topological polar surface area (TPSA) is 41.1 Å². The first-order valence-corrected chi connectivity index (χ1v) is 4.10. The highest BCUT2D eigenvalue weighted by molar-refractivity contribution is 5.89. The third-order valence-corrected chi connectivity index (χ3v) is 1.98. The first-order valence-electron chi connectivity index (χ1n) is 4.10. The summed E-state index contributed by atoms with van der Waals surface area (Å²) >= 11 is 0. The third kappa shape index (κ3) is 1.71. The minimum Gasteiger partial charge on any atom is -0.358 e. The Morgan fingerprint density at radius 3 is 2.36 bits per heavy atom. The Morgan fingerprint density at radius 1 is 1.55 bits per heavy atom. The largest absolute Gasteiger partial charge is 0.358 e. The Bertz CT molecular complexity index is 170. The van der Waals surface area contributed by atoms with Crippen molar-refractivity contribution in [3.63, 3.8) is 0 Å². The number of carbonyl (C=O) groups excluding carboxylic acids is 1. The molecule has 2 N–H and O–H groups in total. The van der Waals surface area contributed by atoms with Crippen LogP contribution in [0.5, 0.6) is 0 Å². The van der Waals surface area contributed by atoms with Crippen molar-refractivity contribution in [2.75, 3.05) is 7.05 Å². The fraction of sp³-hybridized carbons (Fsp3) is 0.875. The number of nitrogens with one attached hydrogen (secondary N) is 2. The van der Waals surface area contributed by atoms with E-state index in [9.17, 15) is 4.79 Å². The minimum absolute atomic E-state index is 0. The second-order valence-corrected chi connectivity index (χ2v) is 3.46. The second-order valence-electron chi connectivity index (χ2n) is 3.46. The Morgan fingerprint density at radius 2 is 2.09 bits per heavy atom. The summed E-state index contributed by atoms with van der Waals surface area (Å²) in [4.78, 5) is 11.3. The molecule has 3 heteroatoms. The molecule has 0 spiro atoms. The van der Waals surface area contributed by atoms with Crippen LogP contribution in [0.1, 0.15) is 29.5 Å². The molecule has 0 atom stereocenters. The van der Waals surface area contributed by atoms with Crippen molar-refractivity contribution in [2.24, 2.45) is 0 Å². The van der Waals surface area contributed by atoms with Crippen LogP contribution in [0.25, 0.3) is 0 Å². The summed E-state index contributed by atoms with van der Waals surface area (Å²) in [5.41, 5.74) is -0.219. The van der Waals surface area contributed by atoms with Crippen molar-refractivity contribution in [3.05, 3.63) is 0 Å². The summed E-state index contributed by atoms with van der Waals surface area (Å²) < 4.78 is 0. The lowest BCUT2D eigenvalue weighted by atomic mass is 10.2. The molecule has 0 radical (unpaired) electrons. The van der Waals surface area contributed by atoms with Crippen molar-refractivity contribution in [1.29, 1.82) is 0 Å². The van der Waals surface area contributed by atoms with E-state index in [0.29, 0.717) is 6.04 Å². The molecule has 1 rings (SSSR count). The standard InChI is InChI=1S/C8H16N2O.2H2/c1-6(2)10-8(4-5-8)7(11)9-3;;/h6,10H,4-5H2,1-3H3,(H,9,11);2*1H. The van der Waals surface area contributed by atoms with Gasteiger partial charge >= 0.3 is 0 Å². The van der Waals surface area contributed by atoms with E-state index in [1.165, 1.54) is 0 Å². The molecule has 0 unspecified atom stereocenters. The number of rotatable bonds is 3. The maximum Gasteiger partial charge on any atom is 0.240 e. The van der Waals surface area contributed by atoms with E-state index in [4.69, 9.17) is 0 Å². The molecule has 0 aromatic rings. The van der Waals surface area contributed by atoms with Crippen LogP contribution < -0.4 is 10.6 Å². The molecule has 11 heavy (non-hydrogen) atoms. The zero-order chi connectivity index (χ0) is 8.48. The lowest BCUT2D eigenvalue weighted by molar-refractivity contribution is -0.123. The van der Waals surface area contributed by atoms with Crippen LogP contribution in [0.3, 0.4) is 0 Å². The van der Waals surface area contributed by atoms with Crippen molar-refractivity contribution < 1.29 is 7.65 Å². The first-order chi connectivity index (χ1) is 5.10. The van der Waals surface area contributed by atoms with Crippen LogP contribution >= 0.6 is 0 Å². The summed E-state index contributed by atoms with van der Waals surface area (Å²) in [7, 11) is 1.68. The molecule has 0 saturated heterocycles. The number of likely N-dealkylation sites (N-methyl/N-ethyl adjacent to an activating group) is 1. The molecule has 0 bridgehead atoms. The summed E-state index contributed by atoms with van der Waals surface area (Å²) in [6, 6.07) is 0.384. The van der Waals surface area contributed by atoms with Crippen LogP contribution in [0.2, 0.25) is 0 Å². The van der Waals surface area contributed by atoms with Crippen LogP contribution in [-0.4, -0.2) is 24.5 Å². The second kappa shape index (κ2) is 2.81. The van der Waals surface area contributed by atoms with Crippen molar-refractivity contribution in [3.8, 4) is 0 Å². The lowest BCUT2D eigenvalue weighted by Crippen LogP contribution is -2.48. The van der Waals surface area contributed by atoms with Crippen molar-refractivity contribution >= 4 is 5.91 Å². The normalized spacial score (nSPS) is 20.0. The SMILES string of the molecule is CNC(=O)C1(NC(C)C)CC1.[HH].[HH]. The van der Waals surface area contributed by atoms with E-state index in [1.807, 2.05) is 0 Å². The predicted molar refractivity (Wildman–Crippen MR) is 48.5 cm³/mol. The molecule has 0 aliphatic heterocycles. The fourth-order valence-electron chi connectivity index (χ4n) is 1.35. The Balaban J connectivity index is 0. The van der Waals surface area contributed by atoms with Gasteiger partial charge in [0.15, 0.2) is 0 Å². The molecule has 1 fully saturated rings. The minimum atomic E-state index is -0.219. The van der Waals surface area contributed by atoms with E-state index < -0.39 is 0 Å². The molecule has 1 aliphatic rings. The van der Waals surface area contributed by atoms with E-state index >= 15 is 0 Å². The number of amides is 1. The molecule has 1 saturated carbocycles. The van der Waals surface area contributed by atoms with Gasteiger partial charge in [0.1, 0.15) is 0 Å². The average Bonchev–Trinajstić information content (AvgIpc) is 2.67. The number of carbonyl (C=O) groups is 1. The molecule has 0 heterocycles. The summed E-state index contributed by atoms with van der Waals surface area (Å²) in [6.07, 6.45) is 1.95. The molecule has 0 aromatic carbocycles. The number of hydrogen-bond acceptors (Lipinski definition) is 2. The first kappa shape index (κ1) is 8.53. The smallest absolute Gasteiger partial charge is 0.240 e. The van der Waals surface area contributed by atoms with Gasteiger partial charge in [-0.15, -0.1) is 0 Å². The molecular formula is C8H20N2O. The molecule has 3 nitrogen and oxygen atoms in total. The van der Waals surface area contributed by atoms with E-state index in [-0.39, 0.29) is 14.3 Å². The zero-order valence-electron chi connectivity index (χ0n) is 7.40. The van der Waals surface area contributed by atoms with Gasteiger partial charge in [0, 0.05) is 15.9 Å². The Labute approximate surface area is 70.5 Å². The molecule has 1 aliphatic carbocycles. The zero-order valence-corrected chi connectivity index (χ0v) is 7.40. The Hall–Kier alpha value is -0.570. The van der Waals surface area contributed by atoms with Gasteiger partial charge < -0.3 is 10.6 Å². The van der Waals surface area contributed by atoms with E-state index in [0.717, 1.165) is 12.8 Å². The van der Waals surface area contributed by atoms with Crippen LogP contribution in [0.15, 0.2) is 0 Å². The molecule has 1 amide bonds. The molecule has 68 valence electrons. The average molecular weight is 160 g/mol. The number of hydrogen-bond donors (Lipinski definition) is 2. The van der Waals surface area contributed by atoms with Crippen LogP contribution in [0.4, 0.5) is 0 Å². The summed E-state index contributed by atoms with van der Waals surface area (Å²) in [5.74, 6) is 0.131. The van der Waals surface area contributed by atoms with Crippen molar-refractivity contribution in [1.82, 2.24) is 10.6 Å². The predicted octanol–water partition coefficient (Wildman–Crippen LogP) is 0.755. The highest BCUT2D eigenvalue weighted by Gasteiger charge is 2.49. The quantitative estimate of drug-likeness (QED) is 0.640. The maximum atomic E-state index is 11.3.